The van der Waals surface area contributed by atoms with Crippen LogP contribution < -0.4 is 4.74 Å². The topological polar surface area (TPSA) is 55.6 Å². The molecule has 0 saturated carbocycles. The Morgan fingerprint density at radius 3 is 2.32 bits per heavy atom. The molecule has 1 amide bonds. The Labute approximate surface area is 181 Å². The summed E-state index contributed by atoms with van der Waals surface area (Å²) in [6, 6.07) is 27.0. The van der Waals surface area contributed by atoms with Gasteiger partial charge >= 0.3 is 0 Å². The lowest BCUT2D eigenvalue weighted by molar-refractivity contribution is 0.0726. The molecule has 4 rings (SSSR count). The van der Waals surface area contributed by atoms with Crippen LogP contribution in [0.2, 0.25) is 0 Å². The first kappa shape index (κ1) is 20.4. The Morgan fingerprint density at radius 1 is 0.935 bits per heavy atom. The van der Waals surface area contributed by atoms with E-state index in [4.69, 9.17) is 9.26 Å². The number of amides is 1. The second-order valence-corrected chi connectivity index (χ2v) is 7.42. The maximum Gasteiger partial charge on any atom is 0.254 e. The predicted octanol–water partition coefficient (Wildman–Crippen LogP) is 5.50. The zero-order valence-corrected chi connectivity index (χ0v) is 17.6. The normalized spacial score (nSPS) is 10.6. The molecule has 0 aliphatic rings. The monoisotopic (exact) mass is 412 g/mol. The quantitative estimate of drug-likeness (QED) is 0.402. The van der Waals surface area contributed by atoms with Crippen molar-refractivity contribution < 1.29 is 14.1 Å². The molecular formula is C26H24N2O3. The Balaban J connectivity index is 1.57. The fourth-order valence-electron chi connectivity index (χ4n) is 3.36. The molecule has 0 unspecified atom stereocenters. The lowest BCUT2D eigenvalue weighted by Crippen LogP contribution is -2.30. The molecule has 156 valence electrons. The van der Waals surface area contributed by atoms with E-state index in [1.54, 1.807) is 12.0 Å². The molecule has 0 spiro atoms. The highest BCUT2D eigenvalue weighted by Gasteiger charge is 2.19. The van der Waals surface area contributed by atoms with Crippen molar-refractivity contribution in [3.8, 4) is 17.1 Å². The Kier molecular flexibility index (Phi) is 6.13. The van der Waals surface area contributed by atoms with Crippen LogP contribution in [0.4, 0.5) is 0 Å². The van der Waals surface area contributed by atoms with Crippen molar-refractivity contribution in [2.24, 2.45) is 0 Å². The van der Waals surface area contributed by atoms with Crippen molar-refractivity contribution in [3.63, 3.8) is 0 Å². The minimum Gasteiger partial charge on any atom is -0.497 e. The zero-order valence-electron chi connectivity index (χ0n) is 17.6. The van der Waals surface area contributed by atoms with Gasteiger partial charge in [0.2, 0.25) is 0 Å². The second kappa shape index (κ2) is 9.30. The lowest BCUT2D eigenvalue weighted by Gasteiger charge is -2.22. The van der Waals surface area contributed by atoms with E-state index in [2.05, 4.69) is 5.16 Å². The van der Waals surface area contributed by atoms with Crippen molar-refractivity contribution in [1.82, 2.24) is 10.1 Å². The van der Waals surface area contributed by atoms with Gasteiger partial charge in [0.15, 0.2) is 5.76 Å². The standard InChI is InChI=1S/C26H24N2O3/c1-19-8-10-22(11-9-19)26(29)28(17-20-6-4-3-5-7-20)18-23-16-25(31-27-23)21-12-14-24(30-2)15-13-21/h3-16H,17-18H2,1-2H3. The van der Waals surface area contributed by atoms with E-state index in [1.807, 2.05) is 91.9 Å². The summed E-state index contributed by atoms with van der Waals surface area (Å²) in [5.74, 6) is 1.39. The highest BCUT2D eigenvalue weighted by molar-refractivity contribution is 5.94. The van der Waals surface area contributed by atoms with Crippen molar-refractivity contribution in [2.45, 2.75) is 20.0 Å². The molecule has 0 aliphatic carbocycles. The number of aryl methyl sites for hydroxylation is 1. The first-order valence-corrected chi connectivity index (χ1v) is 10.1. The minimum absolute atomic E-state index is 0.0437. The van der Waals surface area contributed by atoms with Crippen LogP contribution in [0.15, 0.2) is 89.5 Å². The van der Waals surface area contributed by atoms with E-state index >= 15 is 0 Å². The van der Waals surface area contributed by atoms with Crippen molar-refractivity contribution in [2.75, 3.05) is 7.11 Å². The molecular weight excluding hydrogens is 388 g/mol. The van der Waals surface area contributed by atoms with E-state index in [-0.39, 0.29) is 5.91 Å². The molecule has 1 aromatic heterocycles. The molecule has 4 aromatic rings. The largest absolute Gasteiger partial charge is 0.497 e. The first-order valence-electron chi connectivity index (χ1n) is 10.1. The van der Waals surface area contributed by atoms with Gasteiger partial charge in [-0.3, -0.25) is 4.79 Å². The number of methoxy groups -OCH3 is 1. The molecule has 0 saturated heterocycles. The number of benzene rings is 3. The van der Waals surface area contributed by atoms with E-state index in [0.717, 1.165) is 22.4 Å². The summed E-state index contributed by atoms with van der Waals surface area (Å²) >= 11 is 0. The van der Waals surface area contributed by atoms with Gasteiger partial charge in [-0.2, -0.15) is 0 Å². The van der Waals surface area contributed by atoms with Crippen LogP contribution in [-0.2, 0) is 13.1 Å². The number of ether oxygens (including phenoxy) is 1. The number of nitrogens with zero attached hydrogens (tertiary/aromatic N) is 2. The predicted molar refractivity (Wildman–Crippen MR) is 120 cm³/mol. The molecule has 1 heterocycles. The molecule has 0 fully saturated rings. The number of carbonyl (C=O) groups is 1. The number of aromatic nitrogens is 1. The van der Waals surface area contributed by atoms with Gasteiger partial charge in [-0.1, -0.05) is 53.2 Å². The summed E-state index contributed by atoms with van der Waals surface area (Å²) in [5.41, 5.74) is 4.43. The van der Waals surface area contributed by atoms with E-state index in [1.165, 1.54) is 0 Å². The van der Waals surface area contributed by atoms with Crippen LogP contribution in [0.5, 0.6) is 5.75 Å². The molecule has 0 bridgehead atoms. The zero-order chi connectivity index (χ0) is 21.6. The molecule has 0 radical (unpaired) electrons. The molecule has 5 heteroatoms. The molecule has 31 heavy (non-hydrogen) atoms. The summed E-state index contributed by atoms with van der Waals surface area (Å²) < 4.78 is 10.8. The van der Waals surface area contributed by atoms with Crippen LogP contribution in [0.1, 0.15) is 27.2 Å². The molecule has 0 N–H and O–H groups in total. The summed E-state index contributed by atoms with van der Waals surface area (Å²) in [4.78, 5) is 15.1. The number of hydrogen-bond acceptors (Lipinski definition) is 4. The van der Waals surface area contributed by atoms with Gasteiger partial charge in [0, 0.05) is 23.7 Å². The van der Waals surface area contributed by atoms with Gasteiger partial charge in [0.1, 0.15) is 11.4 Å². The Morgan fingerprint density at radius 2 is 1.65 bits per heavy atom. The van der Waals surface area contributed by atoms with Crippen LogP contribution in [-0.4, -0.2) is 23.1 Å². The van der Waals surface area contributed by atoms with Gasteiger partial charge in [0.25, 0.3) is 5.91 Å². The highest BCUT2D eigenvalue weighted by atomic mass is 16.5. The van der Waals surface area contributed by atoms with Crippen molar-refractivity contribution in [1.29, 1.82) is 0 Å². The molecule has 0 aliphatic heterocycles. The maximum absolute atomic E-state index is 13.3. The Bertz CT molecular complexity index is 1130. The fraction of sp³-hybridized carbons (Fsp3) is 0.154. The summed E-state index contributed by atoms with van der Waals surface area (Å²) in [6.07, 6.45) is 0. The number of rotatable bonds is 7. The number of carbonyl (C=O) groups excluding carboxylic acids is 1. The average Bonchev–Trinajstić information content (AvgIpc) is 3.28. The summed E-state index contributed by atoms with van der Waals surface area (Å²) in [6.45, 7) is 2.84. The highest BCUT2D eigenvalue weighted by Crippen LogP contribution is 2.24. The van der Waals surface area contributed by atoms with Crippen molar-refractivity contribution >= 4 is 5.91 Å². The van der Waals surface area contributed by atoms with Crippen molar-refractivity contribution in [3.05, 3.63) is 107 Å². The maximum atomic E-state index is 13.3. The summed E-state index contributed by atoms with van der Waals surface area (Å²) in [5, 5.41) is 4.21. The van der Waals surface area contributed by atoms with E-state index in [9.17, 15) is 4.79 Å². The molecule has 0 atom stereocenters. The van der Waals surface area contributed by atoms with E-state index < -0.39 is 0 Å². The Hall–Kier alpha value is -3.86. The molecule has 5 nitrogen and oxygen atoms in total. The SMILES string of the molecule is COc1ccc(-c2cc(CN(Cc3ccccc3)C(=O)c3ccc(C)cc3)no2)cc1. The third kappa shape index (κ3) is 5.01. The van der Waals surface area contributed by atoms with Gasteiger partial charge in [0.05, 0.1) is 13.7 Å². The second-order valence-electron chi connectivity index (χ2n) is 7.42. The smallest absolute Gasteiger partial charge is 0.254 e. The van der Waals surface area contributed by atoms with E-state index in [0.29, 0.717) is 30.1 Å². The van der Waals surface area contributed by atoms with Crippen LogP contribution >= 0.6 is 0 Å². The molecule has 3 aromatic carbocycles. The average molecular weight is 412 g/mol. The van der Waals surface area contributed by atoms with Gasteiger partial charge in [-0.05, 0) is 48.9 Å². The van der Waals surface area contributed by atoms with Gasteiger partial charge in [-0.25, -0.2) is 0 Å². The minimum atomic E-state index is -0.0437. The fourth-order valence-corrected chi connectivity index (χ4v) is 3.36. The van der Waals surface area contributed by atoms with Crippen LogP contribution in [0.25, 0.3) is 11.3 Å². The van der Waals surface area contributed by atoms with Crippen LogP contribution in [0, 0.1) is 6.92 Å². The van der Waals surface area contributed by atoms with Gasteiger partial charge in [-0.15, -0.1) is 0 Å². The summed E-state index contributed by atoms with van der Waals surface area (Å²) in [7, 11) is 1.63. The van der Waals surface area contributed by atoms with Crippen LogP contribution in [0.3, 0.4) is 0 Å². The third-order valence-corrected chi connectivity index (χ3v) is 5.09. The first-order chi connectivity index (χ1) is 15.1. The number of hydrogen-bond donors (Lipinski definition) is 0. The van der Waals surface area contributed by atoms with Gasteiger partial charge < -0.3 is 14.2 Å². The lowest BCUT2D eigenvalue weighted by atomic mass is 10.1. The third-order valence-electron chi connectivity index (χ3n) is 5.09.